The van der Waals surface area contributed by atoms with E-state index in [0.29, 0.717) is 50.7 Å². The Hall–Kier alpha value is -3.98. The van der Waals surface area contributed by atoms with Crippen LogP contribution in [0.1, 0.15) is 88.3 Å². The third-order valence-corrected chi connectivity index (χ3v) is 9.74. The molecule has 0 spiro atoms. The SMILES string of the molecule is COCCOC(=O)N=C1CCC(C(=O)N(CC2CCC(c3ccc(OC)c(C)c3)CC2)c2cccc(-c3cnn(C(C)C)c3)c2)CC1. The van der Waals surface area contributed by atoms with Crippen molar-refractivity contribution >= 4 is 23.4 Å². The number of aromatic nitrogens is 2. The lowest BCUT2D eigenvalue weighted by Gasteiger charge is -2.35. The first-order valence-electron chi connectivity index (χ1n) is 17.1. The predicted molar refractivity (Wildman–Crippen MR) is 185 cm³/mol. The second kappa shape index (κ2) is 16.2. The van der Waals surface area contributed by atoms with Gasteiger partial charge in [0.2, 0.25) is 5.91 Å². The van der Waals surface area contributed by atoms with E-state index in [-0.39, 0.29) is 24.5 Å². The summed E-state index contributed by atoms with van der Waals surface area (Å²) in [6.07, 6.45) is 10.3. The molecule has 2 saturated carbocycles. The van der Waals surface area contributed by atoms with Gasteiger partial charge >= 0.3 is 6.09 Å². The number of hydrogen-bond donors (Lipinski definition) is 0. The maximum atomic E-state index is 14.4. The lowest BCUT2D eigenvalue weighted by Crippen LogP contribution is -2.41. The molecule has 0 aliphatic heterocycles. The molecule has 0 atom stereocenters. The van der Waals surface area contributed by atoms with E-state index in [9.17, 15) is 9.59 Å². The second-order valence-corrected chi connectivity index (χ2v) is 13.3. The van der Waals surface area contributed by atoms with Crippen molar-refractivity contribution in [3.05, 3.63) is 66.0 Å². The Morgan fingerprint density at radius 3 is 2.40 bits per heavy atom. The van der Waals surface area contributed by atoms with Crippen molar-refractivity contribution in [2.75, 3.05) is 38.9 Å². The molecule has 9 heteroatoms. The Kier molecular flexibility index (Phi) is 11.9. The van der Waals surface area contributed by atoms with E-state index >= 15 is 0 Å². The molecule has 5 rings (SSSR count). The predicted octanol–water partition coefficient (Wildman–Crippen LogP) is 8.17. The number of amides is 2. The fourth-order valence-corrected chi connectivity index (χ4v) is 6.94. The molecule has 0 bridgehead atoms. The molecule has 1 heterocycles. The zero-order valence-electron chi connectivity index (χ0n) is 28.6. The Balaban J connectivity index is 1.30. The molecule has 2 aromatic carbocycles. The fourth-order valence-electron chi connectivity index (χ4n) is 6.94. The molecule has 2 fully saturated rings. The topological polar surface area (TPSA) is 95.2 Å². The van der Waals surface area contributed by atoms with Crippen LogP contribution in [0, 0.1) is 18.8 Å². The molecule has 1 aromatic heterocycles. The van der Waals surface area contributed by atoms with Crippen molar-refractivity contribution in [3.8, 4) is 16.9 Å². The van der Waals surface area contributed by atoms with Crippen LogP contribution in [0.4, 0.5) is 10.5 Å². The van der Waals surface area contributed by atoms with Crippen molar-refractivity contribution in [2.45, 2.75) is 84.1 Å². The smallest absolute Gasteiger partial charge is 0.433 e. The summed E-state index contributed by atoms with van der Waals surface area (Å²) in [5, 5.41) is 4.54. The van der Waals surface area contributed by atoms with E-state index in [0.717, 1.165) is 54.0 Å². The van der Waals surface area contributed by atoms with E-state index in [2.05, 4.69) is 73.5 Å². The molecule has 9 nitrogen and oxygen atoms in total. The lowest BCUT2D eigenvalue weighted by atomic mass is 9.78. The molecule has 0 radical (unpaired) electrons. The van der Waals surface area contributed by atoms with Gasteiger partial charge in [0.25, 0.3) is 0 Å². The molecule has 0 unspecified atom stereocenters. The first-order chi connectivity index (χ1) is 22.7. The molecule has 2 amide bonds. The van der Waals surface area contributed by atoms with Gasteiger partial charge in [0.05, 0.1) is 19.9 Å². The van der Waals surface area contributed by atoms with Crippen LogP contribution >= 0.6 is 0 Å². The number of benzene rings is 2. The Morgan fingerprint density at radius 1 is 0.979 bits per heavy atom. The van der Waals surface area contributed by atoms with Gasteiger partial charge in [-0.2, -0.15) is 10.1 Å². The van der Waals surface area contributed by atoms with Gasteiger partial charge in [-0.05, 0) is 119 Å². The highest BCUT2D eigenvalue weighted by atomic mass is 16.6. The molecule has 2 aliphatic rings. The Morgan fingerprint density at radius 2 is 1.74 bits per heavy atom. The second-order valence-electron chi connectivity index (χ2n) is 13.3. The highest BCUT2D eigenvalue weighted by Crippen LogP contribution is 2.39. The number of nitrogens with zero attached hydrogens (tertiary/aromatic N) is 4. The number of carbonyl (C=O) groups excluding carboxylic acids is 2. The van der Waals surface area contributed by atoms with Crippen LogP contribution in [0.2, 0.25) is 0 Å². The standard InChI is InChI=1S/C38H50N4O5/c1-26(2)42-25-33(23-39-42)31-7-6-8-35(22-31)41(37(43)30-13-16-34(17-14-30)40-38(44)47-20-19-45-4)24-28-9-11-29(12-10-28)32-15-18-36(46-5)27(3)21-32/h6-8,15,18,21-23,25-26,28-30H,9-14,16-17,19-20,24H2,1-5H3. The van der Waals surface area contributed by atoms with Crippen molar-refractivity contribution in [1.29, 1.82) is 0 Å². The summed E-state index contributed by atoms with van der Waals surface area (Å²) in [6.45, 7) is 7.55. The monoisotopic (exact) mass is 642 g/mol. The first-order valence-corrected chi connectivity index (χ1v) is 17.1. The molecule has 0 N–H and O–H groups in total. The molecule has 47 heavy (non-hydrogen) atoms. The van der Waals surface area contributed by atoms with Crippen LogP contribution in [0.3, 0.4) is 0 Å². The van der Waals surface area contributed by atoms with Gasteiger partial charge in [0.1, 0.15) is 12.4 Å². The average Bonchev–Trinajstić information content (AvgIpc) is 3.59. The van der Waals surface area contributed by atoms with Crippen molar-refractivity contribution in [3.63, 3.8) is 0 Å². The van der Waals surface area contributed by atoms with Gasteiger partial charge < -0.3 is 19.1 Å². The summed E-state index contributed by atoms with van der Waals surface area (Å²) in [4.78, 5) is 32.7. The fraction of sp³-hybridized carbons (Fsp3) is 0.526. The third kappa shape index (κ3) is 8.89. The Bertz CT molecular complexity index is 1530. The number of aliphatic imine (C=N–C) groups is 1. The summed E-state index contributed by atoms with van der Waals surface area (Å²) < 4.78 is 17.5. The number of carbonyl (C=O) groups is 2. The number of methoxy groups -OCH3 is 2. The lowest BCUT2D eigenvalue weighted by molar-refractivity contribution is -0.123. The molecular weight excluding hydrogens is 592 g/mol. The van der Waals surface area contributed by atoms with E-state index in [1.54, 1.807) is 14.2 Å². The quantitative estimate of drug-likeness (QED) is 0.196. The first kappa shape index (κ1) is 34.4. The van der Waals surface area contributed by atoms with Gasteiger partial charge in [-0.3, -0.25) is 9.48 Å². The number of aryl methyl sites for hydroxylation is 1. The van der Waals surface area contributed by atoms with Crippen molar-refractivity contribution < 1.29 is 23.8 Å². The third-order valence-electron chi connectivity index (χ3n) is 9.74. The minimum Gasteiger partial charge on any atom is -0.496 e. The zero-order valence-corrected chi connectivity index (χ0v) is 28.6. The van der Waals surface area contributed by atoms with Crippen LogP contribution in [0.15, 0.2) is 59.9 Å². The number of ether oxygens (including phenoxy) is 3. The minimum absolute atomic E-state index is 0.121. The highest BCUT2D eigenvalue weighted by molar-refractivity contribution is 5.99. The van der Waals surface area contributed by atoms with Crippen LogP contribution < -0.4 is 9.64 Å². The zero-order chi connectivity index (χ0) is 33.3. The maximum Gasteiger partial charge on any atom is 0.433 e. The van der Waals surface area contributed by atoms with Gasteiger partial charge in [-0.25, -0.2) is 4.79 Å². The molecule has 252 valence electrons. The van der Waals surface area contributed by atoms with Gasteiger partial charge in [-0.15, -0.1) is 0 Å². The normalized spacial score (nSPS) is 19.8. The van der Waals surface area contributed by atoms with Crippen molar-refractivity contribution in [2.24, 2.45) is 16.8 Å². The van der Waals surface area contributed by atoms with E-state index < -0.39 is 6.09 Å². The number of hydrogen-bond acceptors (Lipinski definition) is 6. The van der Waals surface area contributed by atoms with Crippen LogP contribution in [0.25, 0.3) is 11.1 Å². The summed E-state index contributed by atoms with van der Waals surface area (Å²) >= 11 is 0. The van der Waals surface area contributed by atoms with Gasteiger partial charge in [-0.1, -0.05) is 24.3 Å². The average molecular weight is 643 g/mol. The largest absolute Gasteiger partial charge is 0.496 e. The number of rotatable bonds is 11. The van der Waals surface area contributed by atoms with E-state index in [4.69, 9.17) is 14.2 Å². The minimum atomic E-state index is -0.582. The van der Waals surface area contributed by atoms with E-state index in [1.165, 1.54) is 11.1 Å². The summed E-state index contributed by atoms with van der Waals surface area (Å²) in [5.41, 5.74) is 6.38. The van der Waals surface area contributed by atoms with Crippen molar-refractivity contribution in [1.82, 2.24) is 9.78 Å². The summed E-state index contributed by atoms with van der Waals surface area (Å²) in [7, 11) is 3.28. The highest BCUT2D eigenvalue weighted by Gasteiger charge is 2.32. The molecule has 2 aliphatic carbocycles. The summed E-state index contributed by atoms with van der Waals surface area (Å²) in [6, 6.07) is 15.2. The molecule has 3 aromatic rings. The maximum absolute atomic E-state index is 14.4. The van der Waals surface area contributed by atoms with Crippen LogP contribution in [-0.2, 0) is 14.3 Å². The number of anilines is 1. The van der Waals surface area contributed by atoms with E-state index in [1.807, 2.05) is 21.8 Å². The molecule has 0 saturated heterocycles. The Labute approximate surface area is 279 Å². The van der Waals surface area contributed by atoms with Crippen LogP contribution in [0.5, 0.6) is 5.75 Å². The van der Waals surface area contributed by atoms with Gasteiger partial charge in [0.15, 0.2) is 0 Å². The summed E-state index contributed by atoms with van der Waals surface area (Å²) in [5.74, 6) is 1.92. The molecular formula is C38H50N4O5. The van der Waals surface area contributed by atoms with Crippen LogP contribution in [-0.4, -0.2) is 61.5 Å². The van der Waals surface area contributed by atoms with Gasteiger partial charge in [0, 0.05) is 48.8 Å².